The van der Waals surface area contributed by atoms with Crippen LogP contribution in [0.4, 0.5) is 13.2 Å². The van der Waals surface area contributed by atoms with Crippen LogP contribution in [0, 0.1) is 5.41 Å². The number of rotatable bonds is 6. The van der Waals surface area contributed by atoms with E-state index in [1.807, 2.05) is 59.2 Å². The molecule has 0 fully saturated rings. The first kappa shape index (κ1) is 24.3. The van der Waals surface area contributed by atoms with Gasteiger partial charge in [0.2, 0.25) is 0 Å². The molecule has 0 saturated heterocycles. The summed E-state index contributed by atoms with van der Waals surface area (Å²) in [6.45, 7) is 10.4. The van der Waals surface area contributed by atoms with Crippen molar-refractivity contribution in [1.82, 2.24) is 4.67 Å². The Morgan fingerprint density at radius 3 is 1.76 bits per heavy atom. The third-order valence-corrected chi connectivity index (χ3v) is 13.3. The number of hydrogen-bond acceptors (Lipinski definition) is 4. The molecular weight excluding hydrogens is 422 g/mol. The molecule has 0 atom stereocenters. The summed E-state index contributed by atoms with van der Waals surface area (Å²) in [6.07, 6.45) is 0. The first-order valence-electron chi connectivity index (χ1n) is 9.53. The van der Waals surface area contributed by atoms with Gasteiger partial charge in [0.15, 0.2) is 0 Å². The summed E-state index contributed by atoms with van der Waals surface area (Å²) in [6, 6.07) is 8.50. The van der Waals surface area contributed by atoms with E-state index in [4.69, 9.17) is 3.97 Å². The first-order valence-corrected chi connectivity index (χ1v) is 13.5. The van der Waals surface area contributed by atoms with Crippen molar-refractivity contribution < 1.29 is 25.6 Å². The maximum atomic E-state index is 13.5. The van der Waals surface area contributed by atoms with Gasteiger partial charge >= 0.3 is 172 Å². The second kappa shape index (κ2) is 7.04. The van der Waals surface area contributed by atoms with Crippen LogP contribution in [-0.4, -0.2) is 37.3 Å². The molecule has 1 aromatic rings. The third-order valence-electron chi connectivity index (χ3n) is 5.16. The minimum absolute atomic E-state index is 0.236. The zero-order valence-corrected chi connectivity index (χ0v) is 19.9. The summed E-state index contributed by atoms with van der Waals surface area (Å²) in [4.78, 5) is 0. The molecule has 9 heteroatoms. The molecule has 0 bridgehead atoms. The van der Waals surface area contributed by atoms with Crippen LogP contribution in [0.5, 0.6) is 0 Å². The Morgan fingerprint density at radius 1 is 0.966 bits per heavy atom. The van der Waals surface area contributed by atoms with Gasteiger partial charge in [-0.2, -0.15) is 0 Å². The van der Waals surface area contributed by atoms with Crippen LogP contribution in [0.2, 0.25) is 0 Å². The molecule has 0 aromatic heterocycles. The molecule has 4 nitrogen and oxygen atoms in total. The Labute approximate surface area is 172 Å². The van der Waals surface area contributed by atoms with Gasteiger partial charge in [-0.3, -0.25) is 0 Å². The Bertz CT molecular complexity index is 913. The van der Waals surface area contributed by atoms with Crippen molar-refractivity contribution in [2.45, 2.75) is 66.1 Å². The van der Waals surface area contributed by atoms with Crippen LogP contribution < -0.4 is 0 Å². The summed E-state index contributed by atoms with van der Waals surface area (Å²) in [7, 11) is -5.82. The fourth-order valence-corrected chi connectivity index (χ4v) is 14.9. The van der Waals surface area contributed by atoms with E-state index >= 15 is 0 Å². The van der Waals surface area contributed by atoms with E-state index < -0.39 is 28.0 Å². The van der Waals surface area contributed by atoms with Gasteiger partial charge in [-0.15, -0.1) is 0 Å². The normalized spacial score (nSPS) is 20.8. The monoisotopic (exact) mass is 453 g/mol. The van der Waals surface area contributed by atoms with Crippen LogP contribution in [0.25, 0.3) is 5.31 Å². The predicted octanol–water partition coefficient (Wildman–Crippen LogP) is 6.41. The summed E-state index contributed by atoms with van der Waals surface area (Å²) in [5.74, 6) is 0. The Hall–Kier alpha value is -0.950. The maximum absolute atomic E-state index is 13.5. The molecule has 0 unspecified atom stereocenters. The zero-order valence-electron chi connectivity index (χ0n) is 18.2. The van der Waals surface area contributed by atoms with Crippen LogP contribution in [0.3, 0.4) is 0 Å². The zero-order chi connectivity index (χ0) is 22.7. The molecule has 0 N–H and O–H groups in total. The van der Waals surface area contributed by atoms with E-state index in [0.29, 0.717) is 16.2 Å². The molecule has 166 valence electrons. The summed E-state index contributed by atoms with van der Waals surface area (Å²) < 4.78 is 72.3. The second-order valence-electron chi connectivity index (χ2n) is 9.26. The van der Waals surface area contributed by atoms with Gasteiger partial charge in [0.1, 0.15) is 0 Å². The van der Waals surface area contributed by atoms with Crippen LogP contribution >= 0.6 is 6.98 Å². The summed E-state index contributed by atoms with van der Waals surface area (Å²) in [5.41, 5.74) is -5.39. The quantitative estimate of drug-likeness (QED) is 0.369. The van der Waals surface area contributed by atoms with Crippen molar-refractivity contribution in [3.05, 3.63) is 41.2 Å². The molecule has 0 spiro atoms. The molecule has 1 aromatic carbocycles. The number of benzene rings is 1. The number of halogens is 3. The van der Waals surface area contributed by atoms with Gasteiger partial charge < -0.3 is 0 Å². The van der Waals surface area contributed by atoms with Gasteiger partial charge in [-0.05, 0) is 0 Å². The molecule has 0 amide bonds. The Morgan fingerprint density at radius 2 is 1.41 bits per heavy atom. The van der Waals surface area contributed by atoms with Crippen molar-refractivity contribution in [1.29, 1.82) is 0 Å². The fraction of sp³-hybridized carbons (Fsp3) is 0.600. The molecular formula is C20H31F3NO3PS. The topological polar surface area (TPSA) is 46.6 Å². The second-order valence-corrected chi connectivity index (χ2v) is 15.4. The van der Waals surface area contributed by atoms with E-state index in [-0.39, 0.29) is 12.1 Å². The molecule has 1 aliphatic heterocycles. The van der Waals surface area contributed by atoms with Gasteiger partial charge in [0.05, 0.1) is 0 Å². The van der Waals surface area contributed by atoms with Gasteiger partial charge in [-0.25, -0.2) is 0 Å². The fourth-order valence-electron chi connectivity index (χ4n) is 4.90. The van der Waals surface area contributed by atoms with Gasteiger partial charge in [0.25, 0.3) is 0 Å². The average molecular weight is 454 g/mol. The van der Waals surface area contributed by atoms with Crippen LogP contribution in [0.15, 0.2) is 35.6 Å². The minimum atomic E-state index is -5.82. The van der Waals surface area contributed by atoms with Crippen molar-refractivity contribution >= 4 is 22.4 Å². The van der Waals surface area contributed by atoms with Crippen LogP contribution in [-0.2, 0) is 14.1 Å². The van der Waals surface area contributed by atoms with Gasteiger partial charge in [-0.1, -0.05) is 0 Å². The van der Waals surface area contributed by atoms with E-state index in [2.05, 4.69) is 0 Å². The molecule has 0 radical (unpaired) electrons. The number of hydrogen-bond donors (Lipinski definition) is 0. The standard InChI is InChI=1S/C20H31F3NO3PS/c1-14(2)24(15(3)4)28(8,27-29(25,26)20(21,22)23)17(18(28)19(5,6)7)16-12-10-9-11-13-16/h9-15H,1-8H3. The molecule has 2 rings (SSSR count). The van der Waals surface area contributed by atoms with E-state index in [1.165, 1.54) is 0 Å². The van der Waals surface area contributed by atoms with E-state index in [9.17, 15) is 21.6 Å². The molecule has 1 aliphatic rings. The molecule has 29 heavy (non-hydrogen) atoms. The number of alkyl halides is 3. The molecule has 0 saturated carbocycles. The number of nitrogens with zero attached hydrogens (tertiary/aromatic N) is 1. The average Bonchev–Trinajstić information content (AvgIpc) is 3.06. The Kier molecular flexibility index (Phi) is 5.91. The van der Waals surface area contributed by atoms with Crippen molar-refractivity contribution in [2.24, 2.45) is 5.41 Å². The van der Waals surface area contributed by atoms with Gasteiger partial charge in [0, 0.05) is 0 Å². The van der Waals surface area contributed by atoms with Crippen molar-refractivity contribution in [2.75, 3.05) is 6.66 Å². The number of allylic oxidation sites excluding steroid dienone is 1. The molecule has 0 aliphatic carbocycles. The first-order chi connectivity index (χ1) is 12.9. The molecule has 1 heterocycles. The predicted molar refractivity (Wildman–Crippen MR) is 114 cm³/mol. The van der Waals surface area contributed by atoms with Crippen molar-refractivity contribution in [3.8, 4) is 0 Å². The van der Waals surface area contributed by atoms with Crippen LogP contribution in [0.1, 0.15) is 54.0 Å². The third kappa shape index (κ3) is 3.78. The van der Waals surface area contributed by atoms with E-state index in [1.54, 1.807) is 30.9 Å². The van der Waals surface area contributed by atoms with Crippen molar-refractivity contribution in [3.63, 3.8) is 0 Å². The summed E-state index contributed by atoms with van der Waals surface area (Å²) >= 11 is 0. The SMILES string of the molecule is CC(C)N(C(C)C)P1(C)(OS(=O)(=O)C(F)(F)F)C(c2ccccc2)=C1C(C)(C)C. The summed E-state index contributed by atoms with van der Waals surface area (Å²) in [5, 5.41) is 1.25. The van der Waals surface area contributed by atoms with E-state index in [0.717, 1.165) is 0 Å². The Balaban J connectivity index is 2.90.